The predicted molar refractivity (Wildman–Crippen MR) is 98.7 cm³/mol. The molecule has 2 aromatic rings. The second-order valence-electron chi connectivity index (χ2n) is 5.25. The topological polar surface area (TPSA) is 29.4 Å². The average Bonchev–Trinajstić information content (AvgIpc) is 2.97. The zero-order valence-electron chi connectivity index (χ0n) is 12.5. The maximum absolute atomic E-state index is 12.6. The number of thiophene rings is 1. The summed E-state index contributed by atoms with van der Waals surface area (Å²) in [6, 6.07) is 11.3. The predicted octanol–water partition coefficient (Wildman–Crippen LogP) is 5.31. The summed E-state index contributed by atoms with van der Waals surface area (Å²) in [5, 5.41) is 2.55. The van der Waals surface area contributed by atoms with Crippen molar-refractivity contribution >= 4 is 40.5 Å². The first-order valence-corrected chi connectivity index (χ1v) is 8.73. The third-order valence-corrected chi connectivity index (χ3v) is 4.84. The smallest absolute Gasteiger partial charge is 0.171 e. The van der Waals surface area contributed by atoms with Crippen LogP contribution in [0.1, 0.15) is 21.7 Å². The number of hydrogen-bond acceptors (Lipinski definition) is 3. The van der Waals surface area contributed by atoms with E-state index in [-0.39, 0.29) is 11.7 Å². The normalized spacial score (nSPS) is 18.0. The van der Waals surface area contributed by atoms with Gasteiger partial charge in [-0.1, -0.05) is 35.9 Å². The first-order chi connectivity index (χ1) is 11.2. The zero-order valence-corrected chi connectivity index (χ0v) is 14.1. The van der Waals surface area contributed by atoms with Crippen molar-refractivity contribution in [1.82, 2.24) is 0 Å². The van der Waals surface area contributed by atoms with Gasteiger partial charge >= 0.3 is 0 Å². The molecular weight excluding hydrogens is 326 g/mol. The molecule has 0 saturated carbocycles. The van der Waals surface area contributed by atoms with Crippen molar-refractivity contribution < 1.29 is 4.79 Å². The molecule has 0 aliphatic carbocycles. The number of halogens is 1. The van der Waals surface area contributed by atoms with Gasteiger partial charge in [-0.3, -0.25) is 9.79 Å². The molecule has 1 atom stereocenters. The first-order valence-electron chi connectivity index (χ1n) is 7.47. The van der Waals surface area contributed by atoms with Crippen LogP contribution >= 0.6 is 22.9 Å². The van der Waals surface area contributed by atoms with Gasteiger partial charge < -0.3 is 0 Å². The molecule has 1 aromatic heterocycles. The van der Waals surface area contributed by atoms with Crippen LogP contribution in [-0.4, -0.2) is 18.0 Å². The van der Waals surface area contributed by atoms with E-state index in [4.69, 9.17) is 11.6 Å². The van der Waals surface area contributed by atoms with E-state index >= 15 is 0 Å². The monoisotopic (exact) mass is 341 g/mol. The molecule has 0 radical (unpaired) electrons. The van der Waals surface area contributed by atoms with Crippen molar-refractivity contribution in [2.75, 3.05) is 6.54 Å². The number of carbonyl (C=O) groups is 1. The van der Waals surface area contributed by atoms with Gasteiger partial charge in [-0.15, -0.1) is 11.3 Å². The summed E-state index contributed by atoms with van der Waals surface area (Å²) in [6.45, 7) is 0.637. The van der Waals surface area contributed by atoms with E-state index in [1.807, 2.05) is 47.9 Å². The molecule has 4 heteroatoms. The summed E-state index contributed by atoms with van der Waals surface area (Å²) in [7, 11) is 0. The van der Waals surface area contributed by atoms with Crippen molar-refractivity contribution in [3.8, 4) is 0 Å². The lowest BCUT2D eigenvalue weighted by Gasteiger charge is -2.10. The van der Waals surface area contributed by atoms with Crippen LogP contribution < -0.4 is 0 Å². The quantitative estimate of drug-likeness (QED) is 0.692. The van der Waals surface area contributed by atoms with E-state index in [1.54, 1.807) is 23.5 Å². The van der Waals surface area contributed by atoms with Crippen LogP contribution in [0.3, 0.4) is 0 Å². The fraction of sp³-hybridized carbons (Fsp3) is 0.158. The molecule has 1 unspecified atom stereocenters. The number of nitrogens with zero attached hydrogens (tertiary/aromatic N) is 1. The van der Waals surface area contributed by atoms with Gasteiger partial charge in [0.15, 0.2) is 5.78 Å². The van der Waals surface area contributed by atoms with Gasteiger partial charge in [0.25, 0.3) is 0 Å². The molecule has 0 amide bonds. The Morgan fingerprint density at radius 3 is 2.87 bits per heavy atom. The van der Waals surface area contributed by atoms with Crippen molar-refractivity contribution in [3.63, 3.8) is 0 Å². The number of aliphatic imine (C=N–C) groups is 1. The van der Waals surface area contributed by atoms with Crippen LogP contribution in [-0.2, 0) is 0 Å². The molecule has 3 rings (SSSR count). The molecule has 2 nitrogen and oxygen atoms in total. The molecular formula is C19H16ClNOS. The molecule has 0 N–H and O–H groups in total. The molecule has 2 heterocycles. The third-order valence-electron chi connectivity index (χ3n) is 3.67. The van der Waals surface area contributed by atoms with Crippen LogP contribution in [0.15, 0.2) is 65.0 Å². The van der Waals surface area contributed by atoms with Crippen LogP contribution in [0.4, 0.5) is 0 Å². The summed E-state index contributed by atoms with van der Waals surface area (Å²) in [5.74, 6) is -0.114. The Labute approximate surface area is 144 Å². The summed E-state index contributed by atoms with van der Waals surface area (Å²) in [6.07, 6.45) is 8.61. The van der Waals surface area contributed by atoms with E-state index < -0.39 is 0 Å². The van der Waals surface area contributed by atoms with E-state index in [1.165, 1.54) is 4.88 Å². The summed E-state index contributed by atoms with van der Waals surface area (Å²) >= 11 is 7.82. The molecule has 116 valence electrons. The Kier molecular flexibility index (Phi) is 5.21. The second-order valence-corrected chi connectivity index (χ2v) is 6.64. The minimum Gasteiger partial charge on any atom is -0.293 e. The van der Waals surface area contributed by atoms with E-state index in [9.17, 15) is 4.79 Å². The number of benzene rings is 1. The number of ketones is 1. The highest BCUT2D eigenvalue weighted by molar-refractivity contribution is 7.10. The second kappa shape index (κ2) is 7.53. The molecule has 1 aliphatic heterocycles. The summed E-state index contributed by atoms with van der Waals surface area (Å²) in [4.78, 5) is 18.3. The maximum atomic E-state index is 12.6. The van der Waals surface area contributed by atoms with E-state index in [2.05, 4.69) is 11.1 Å². The van der Waals surface area contributed by atoms with Crippen LogP contribution in [0, 0.1) is 5.92 Å². The van der Waals surface area contributed by atoms with E-state index in [0.717, 1.165) is 5.71 Å². The van der Waals surface area contributed by atoms with Crippen LogP contribution in [0.5, 0.6) is 0 Å². The fourth-order valence-corrected chi connectivity index (χ4v) is 3.28. The Balaban J connectivity index is 1.72. The maximum Gasteiger partial charge on any atom is 0.171 e. The molecule has 23 heavy (non-hydrogen) atoms. The average molecular weight is 342 g/mol. The first kappa shape index (κ1) is 15.9. The summed E-state index contributed by atoms with van der Waals surface area (Å²) < 4.78 is 0. The largest absolute Gasteiger partial charge is 0.293 e. The van der Waals surface area contributed by atoms with E-state index in [0.29, 0.717) is 23.6 Å². The molecule has 0 saturated heterocycles. The lowest BCUT2D eigenvalue weighted by molar-refractivity contribution is 0.0942. The van der Waals surface area contributed by atoms with Crippen molar-refractivity contribution in [1.29, 1.82) is 0 Å². The summed E-state index contributed by atoms with van der Waals surface area (Å²) in [5.41, 5.74) is 1.48. The van der Waals surface area contributed by atoms with Gasteiger partial charge in [0.2, 0.25) is 0 Å². The SMILES string of the molecule is O=C(c1ccccc1Cl)C1C=CC(/C=C/c2cccs2)=NCC1. The lowest BCUT2D eigenvalue weighted by atomic mass is 9.94. The highest BCUT2D eigenvalue weighted by Gasteiger charge is 2.20. The fourth-order valence-electron chi connectivity index (χ4n) is 2.44. The molecule has 0 spiro atoms. The van der Waals surface area contributed by atoms with Gasteiger partial charge in [-0.05, 0) is 48.2 Å². The Hall–Kier alpha value is -1.97. The minimum absolute atomic E-state index is 0.0607. The van der Waals surface area contributed by atoms with Gasteiger partial charge in [0.05, 0.1) is 10.7 Å². The molecule has 1 aromatic carbocycles. The number of hydrogen-bond donors (Lipinski definition) is 0. The molecule has 0 fully saturated rings. The minimum atomic E-state index is -0.175. The van der Waals surface area contributed by atoms with Crippen molar-refractivity contribution in [2.45, 2.75) is 6.42 Å². The van der Waals surface area contributed by atoms with Crippen LogP contribution in [0.25, 0.3) is 6.08 Å². The zero-order chi connectivity index (χ0) is 16.1. The molecule has 1 aliphatic rings. The number of rotatable bonds is 4. The van der Waals surface area contributed by atoms with Gasteiger partial charge in [0.1, 0.15) is 0 Å². The highest BCUT2D eigenvalue weighted by Crippen LogP contribution is 2.22. The Morgan fingerprint density at radius 1 is 1.22 bits per heavy atom. The van der Waals surface area contributed by atoms with Gasteiger partial charge in [0, 0.05) is 22.9 Å². The van der Waals surface area contributed by atoms with Crippen molar-refractivity contribution in [2.24, 2.45) is 10.9 Å². The van der Waals surface area contributed by atoms with Gasteiger partial charge in [-0.25, -0.2) is 0 Å². The third kappa shape index (κ3) is 4.06. The van der Waals surface area contributed by atoms with Crippen molar-refractivity contribution in [3.05, 3.63) is 75.5 Å². The lowest BCUT2D eigenvalue weighted by Crippen LogP contribution is -2.13. The Bertz CT molecular complexity index is 774. The van der Waals surface area contributed by atoms with Crippen LogP contribution in [0.2, 0.25) is 5.02 Å². The highest BCUT2D eigenvalue weighted by atomic mass is 35.5. The number of carbonyl (C=O) groups excluding carboxylic acids is 1. The molecule has 0 bridgehead atoms. The standard InChI is InChI=1S/C19H16ClNOS/c20-18-6-2-1-5-17(18)19(22)14-7-8-15(21-12-11-14)9-10-16-4-3-13-23-16/h1-10,13-14H,11-12H2/b10-9+. The number of Topliss-reactive ketones (excluding diaryl/α,β-unsaturated/α-hetero) is 1. The van der Waals surface area contributed by atoms with Gasteiger partial charge in [-0.2, -0.15) is 0 Å². The number of allylic oxidation sites excluding steroid dienone is 3. The Morgan fingerprint density at radius 2 is 2.09 bits per heavy atom.